The van der Waals surface area contributed by atoms with Crippen LogP contribution in [-0.4, -0.2) is 28.3 Å². The predicted molar refractivity (Wildman–Crippen MR) is 34.9 cm³/mol. The van der Waals surface area contributed by atoms with E-state index in [1.54, 1.807) is 0 Å². The van der Waals surface area contributed by atoms with E-state index in [1.165, 1.54) is 0 Å². The Kier molecular flexibility index (Phi) is 4.11. The highest BCUT2D eigenvalue weighted by Gasteiger charge is 2.26. The van der Waals surface area contributed by atoms with Gasteiger partial charge in [-0.05, 0) is 0 Å². The Morgan fingerprint density at radius 2 is 2.20 bits per heavy atom. The lowest BCUT2D eigenvalue weighted by molar-refractivity contribution is -0.136. The van der Waals surface area contributed by atoms with Gasteiger partial charge in [-0.15, -0.1) is 0 Å². The van der Waals surface area contributed by atoms with Crippen LogP contribution in [0.4, 0.5) is 0 Å². The summed E-state index contributed by atoms with van der Waals surface area (Å²) in [6.07, 6.45) is -0.917. The van der Waals surface area contributed by atoms with Crippen LogP contribution >= 0.6 is 7.80 Å². The van der Waals surface area contributed by atoms with Crippen LogP contribution < -0.4 is 5.73 Å². The molecule has 2 unspecified atom stereocenters. The molecule has 0 aliphatic rings. The Morgan fingerprint density at radius 3 is 2.50 bits per heavy atom. The Morgan fingerprint density at radius 1 is 1.70 bits per heavy atom. The summed E-state index contributed by atoms with van der Waals surface area (Å²) in [7, 11) is -1.97. The standard InChI is InChI=1S/C4H8NO4P/c5-3(1-4(7)8)10(9)2-6/h3,6H,1-2,5H2/p+1. The zero-order chi connectivity index (χ0) is 8.15. The molecule has 0 saturated carbocycles. The number of aliphatic hydroxyl groups is 1. The average Bonchev–Trinajstić information content (AvgIpc) is 1.85. The molecule has 0 aliphatic heterocycles. The molecular formula is C4H9NO4P+. The minimum atomic E-state index is -1.97. The lowest BCUT2D eigenvalue weighted by Gasteiger charge is -1.92. The lowest BCUT2D eigenvalue weighted by Crippen LogP contribution is -2.20. The number of nitrogens with two attached hydrogens (primary N) is 1. The number of carboxylic acid groups (broad SMARTS) is 1. The van der Waals surface area contributed by atoms with Crippen LogP contribution in [0.1, 0.15) is 6.42 Å². The monoisotopic (exact) mass is 166 g/mol. The minimum absolute atomic E-state index is 0.365. The third-order valence-corrected chi connectivity index (χ3v) is 2.09. The van der Waals surface area contributed by atoms with Gasteiger partial charge in [-0.3, -0.25) is 10.5 Å². The van der Waals surface area contributed by atoms with Crippen molar-refractivity contribution in [2.24, 2.45) is 5.73 Å². The number of hydrogen-bond donors (Lipinski definition) is 3. The van der Waals surface area contributed by atoms with E-state index in [-0.39, 0.29) is 6.42 Å². The van der Waals surface area contributed by atoms with E-state index < -0.39 is 25.9 Å². The number of hydrogen-bond acceptors (Lipinski definition) is 4. The van der Waals surface area contributed by atoms with Gasteiger partial charge in [-0.2, -0.15) is 0 Å². The van der Waals surface area contributed by atoms with E-state index in [9.17, 15) is 9.36 Å². The normalized spacial score (nSPS) is 14.4. The highest BCUT2D eigenvalue weighted by atomic mass is 31.1. The van der Waals surface area contributed by atoms with Gasteiger partial charge >= 0.3 is 13.8 Å². The van der Waals surface area contributed by atoms with Crippen molar-refractivity contribution in [3.8, 4) is 0 Å². The zero-order valence-electron chi connectivity index (χ0n) is 5.23. The first-order chi connectivity index (χ1) is 4.57. The predicted octanol–water partition coefficient (Wildman–Crippen LogP) is -0.477. The van der Waals surface area contributed by atoms with Crippen LogP contribution in [0.3, 0.4) is 0 Å². The fourth-order valence-corrected chi connectivity index (χ4v) is 0.955. The number of carboxylic acids is 1. The van der Waals surface area contributed by atoms with E-state index in [2.05, 4.69) is 0 Å². The Balaban J connectivity index is 3.72. The Hall–Kier alpha value is -0.510. The fraction of sp³-hybridized carbons (Fsp3) is 0.750. The molecule has 0 aromatic heterocycles. The molecule has 0 aliphatic carbocycles. The molecule has 0 aromatic rings. The quantitative estimate of drug-likeness (QED) is 0.490. The summed E-state index contributed by atoms with van der Waals surface area (Å²) in [6.45, 7) is 0. The number of carbonyl (C=O) groups is 1. The first-order valence-electron chi connectivity index (χ1n) is 2.60. The lowest BCUT2D eigenvalue weighted by atomic mass is 10.4. The summed E-state index contributed by atoms with van der Waals surface area (Å²) in [5.74, 6) is -2.04. The summed E-state index contributed by atoms with van der Waals surface area (Å²) >= 11 is 0. The van der Waals surface area contributed by atoms with Crippen molar-refractivity contribution in [1.82, 2.24) is 0 Å². The summed E-state index contributed by atoms with van der Waals surface area (Å²) in [5.41, 5.74) is 5.10. The van der Waals surface area contributed by atoms with Gasteiger partial charge in [0.05, 0.1) is 0 Å². The van der Waals surface area contributed by atoms with Crippen LogP contribution in [0.5, 0.6) is 0 Å². The molecule has 0 aromatic carbocycles. The van der Waals surface area contributed by atoms with Gasteiger partial charge in [0.15, 0.2) is 0 Å². The van der Waals surface area contributed by atoms with Gasteiger partial charge < -0.3 is 10.2 Å². The molecule has 0 bridgehead atoms. The molecule has 0 radical (unpaired) electrons. The van der Waals surface area contributed by atoms with Crippen molar-refractivity contribution >= 4 is 13.8 Å². The smallest absolute Gasteiger partial charge is 0.385 e. The molecule has 0 spiro atoms. The van der Waals surface area contributed by atoms with Gasteiger partial charge in [0.25, 0.3) is 0 Å². The maximum atomic E-state index is 10.6. The Labute approximate surface area is 58.6 Å². The molecule has 0 fully saturated rings. The summed E-state index contributed by atoms with van der Waals surface area (Å²) in [6, 6.07) is 0. The van der Waals surface area contributed by atoms with Crippen molar-refractivity contribution in [1.29, 1.82) is 0 Å². The average molecular weight is 166 g/mol. The number of aliphatic hydroxyl groups excluding tert-OH is 1. The van der Waals surface area contributed by atoms with Crippen molar-refractivity contribution in [3.63, 3.8) is 0 Å². The van der Waals surface area contributed by atoms with E-state index >= 15 is 0 Å². The molecule has 0 amide bonds. The van der Waals surface area contributed by atoms with Crippen molar-refractivity contribution in [2.45, 2.75) is 12.2 Å². The van der Waals surface area contributed by atoms with Crippen molar-refractivity contribution in [2.75, 3.05) is 6.35 Å². The van der Waals surface area contributed by atoms with Gasteiger partial charge in [0.1, 0.15) is 6.42 Å². The molecule has 4 N–H and O–H groups in total. The second kappa shape index (κ2) is 4.33. The van der Waals surface area contributed by atoms with Gasteiger partial charge in [0, 0.05) is 0 Å². The van der Waals surface area contributed by atoms with Crippen LogP contribution in [-0.2, 0) is 9.36 Å². The third kappa shape index (κ3) is 3.50. The third-order valence-electron chi connectivity index (χ3n) is 0.893. The zero-order valence-corrected chi connectivity index (χ0v) is 6.12. The first-order valence-corrected chi connectivity index (χ1v) is 4.11. The molecular weight excluding hydrogens is 157 g/mol. The van der Waals surface area contributed by atoms with Crippen molar-refractivity contribution < 1.29 is 19.6 Å². The first kappa shape index (κ1) is 9.49. The molecule has 5 nitrogen and oxygen atoms in total. The molecule has 0 saturated heterocycles. The molecule has 2 atom stereocenters. The second-order valence-electron chi connectivity index (χ2n) is 1.72. The van der Waals surface area contributed by atoms with Gasteiger partial charge in [-0.25, -0.2) is 0 Å². The van der Waals surface area contributed by atoms with E-state index in [4.69, 9.17) is 15.9 Å². The van der Waals surface area contributed by atoms with Crippen LogP contribution in [0.2, 0.25) is 0 Å². The van der Waals surface area contributed by atoms with Gasteiger partial charge in [0.2, 0.25) is 12.1 Å². The van der Waals surface area contributed by atoms with E-state index in [1.807, 2.05) is 0 Å². The molecule has 6 heteroatoms. The van der Waals surface area contributed by atoms with E-state index in [0.29, 0.717) is 0 Å². The largest absolute Gasteiger partial charge is 0.481 e. The Bertz CT molecular complexity index is 148. The van der Waals surface area contributed by atoms with Crippen LogP contribution in [0.15, 0.2) is 0 Å². The second-order valence-corrected chi connectivity index (χ2v) is 3.50. The number of rotatable bonds is 4. The minimum Gasteiger partial charge on any atom is -0.481 e. The molecule has 10 heavy (non-hydrogen) atoms. The number of aliphatic carboxylic acids is 1. The maximum absolute atomic E-state index is 10.6. The van der Waals surface area contributed by atoms with Crippen molar-refractivity contribution in [3.05, 3.63) is 0 Å². The maximum Gasteiger partial charge on any atom is 0.385 e. The molecule has 0 rings (SSSR count). The summed E-state index contributed by atoms with van der Waals surface area (Å²) in [5, 5.41) is 16.4. The summed E-state index contributed by atoms with van der Waals surface area (Å²) < 4.78 is 10.6. The topological polar surface area (TPSA) is 101 Å². The van der Waals surface area contributed by atoms with Crippen LogP contribution in [0.25, 0.3) is 0 Å². The fourth-order valence-electron chi connectivity index (χ4n) is 0.386. The highest BCUT2D eigenvalue weighted by molar-refractivity contribution is 7.45. The molecule has 0 heterocycles. The SMILES string of the molecule is NC(CC(=O)O)[P+](=O)CO. The summed E-state index contributed by atoms with van der Waals surface area (Å²) in [4.78, 5) is 9.94. The van der Waals surface area contributed by atoms with E-state index in [0.717, 1.165) is 0 Å². The molecule has 58 valence electrons. The highest BCUT2D eigenvalue weighted by Crippen LogP contribution is 2.24. The van der Waals surface area contributed by atoms with Crippen LogP contribution in [0, 0.1) is 0 Å². The van der Waals surface area contributed by atoms with Gasteiger partial charge in [-0.1, -0.05) is 4.57 Å².